The number of rotatable bonds is 34. The zero-order valence-electron chi connectivity index (χ0n) is 23.1. The summed E-state index contributed by atoms with van der Waals surface area (Å²) >= 11 is 5.50. The quantitative estimate of drug-likeness (QED) is 0.0863. The van der Waals surface area contributed by atoms with Crippen LogP contribution >= 0.6 is 11.6 Å². The highest BCUT2D eigenvalue weighted by atomic mass is 35.5. The summed E-state index contributed by atoms with van der Waals surface area (Å²) < 4.78 is 54.2. The van der Waals surface area contributed by atoms with Gasteiger partial charge in [-0.1, -0.05) is 26.2 Å². The number of unbranched alkanes of at least 4 members (excludes halogenated alkanes) is 3. The Morgan fingerprint density at radius 3 is 0.784 bits per heavy atom. The second-order valence-corrected chi connectivity index (χ2v) is 8.25. The summed E-state index contributed by atoms with van der Waals surface area (Å²) in [4.78, 5) is 0. The third-order valence-electron chi connectivity index (χ3n) is 4.71. The first kappa shape index (κ1) is 36.9. The molecule has 0 saturated carbocycles. The van der Waals surface area contributed by atoms with Crippen LogP contribution in [0.3, 0.4) is 0 Å². The molecule has 0 radical (unpaired) electrons. The fraction of sp³-hybridized carbons (Fsp3) is 1.00. The van der Waals surface area contributed by atoms with Crippen LogP contribution in [0.5, 0.6) is 0 Å². The van der Waals surface area contributed by atoms with E-state index in [4.69, 9.17) is 59.0 Å². The van der Waals surface area contributed by atoms with Gasteiger partial charge in [0.15, 0.2) is 0 Å². The van der Waals surface area contributed by atoms with E-state index in [9.17, 15) is 0 Å². The van der Waals surface area contributed by atoms with Crippen LogP contribution in [0, 0.1) is 0 Å². The van der Waals surface area contributed by atoms with Crippen molar-refractivity contribution in [1.82, 2.24) is 0 Å². The van der Waals surface area contributed by atoms with Crippen molar-refractivity contribution < 1.29 is 47.4 Å². The normalized spacial score (nSPS) is 11.5. The minimum atomic E-state index is 0.502. The van der Waals surface area contributed by atoms with Gasteiger partial charge >= 0.3 is 0 Å². The third-order valence-corrected chi connectivity index (χ3v) is 4.87. The fourth-order valence-corrected chi connectivity index (χ4v) is 2.88. The van der Waals surface area contributed by atoms with Crippen LogP contribution in [0.25, 0.3) is 0 Å². The van der Waals surface area contributed by atoms with E-state index in [1.54, 1.807) is 0 Å². The van der Waals surface area contributed by atoms with Gasteiger partial charge in [0, 0.05) is 12.5 Å². The van der Waals surface area contributed by atoms with Crippen molar-refractivity contribution in [2.24, 2.45) is 0 Å². The van der Waals surface area contributed by atoms with Crippen molar-refractivity contribution in [3.63, 3.8) is 0 Å². The summed E-state index contributed by atoms with van der Waals surface area (Å²) in [6.45, 7) is 13.5. The number of hydrogen-bond donors (Lipinski definition) is 0. The molecule has 0 aliphatic heterocycles. The molecule has 11 heteroatoms. The highest BCUT2D eigenvalue weighted by molar-refractivity contribution is 6.17. The number of ether oxygens (including phenoxy) is 10. The van der Waals surface area contributed by atoms with Crippen LogP contribution in [0.4, 0.5) is 0 Å². The van der Waals surface area contributed by atoms with Gasteiger partial charge < -0.3 is 47.4 Å². The van der Waals surface area contributed by atoms with Crippen molar-refractivity contribution >= 4 is 11.6 Å². The van der Waals surface area contributed by atoms with E-state index in [0.717, 1.165) is 13.0 Å². The fourth-order valence-electron chi connectivity index (χ4n) is 2.77. The van der Waals surface area contributed by atoms with Crippen molar-refractivity contribution in [1.29, 1.82) is 0 Å². The first-order valence-corrected chi connectivity index (χ1v) is 14.3. The molecule has 0 heterocycles. The Labute approximate surface area is 229 Å². The molecule has 0 aromatic rings. The van der Waals surface area contributed by atoms with Crippen molar-refractivity contribution in [3.05, 3.63) is 0 Å². The highest BCUT2D eigenvalue weighted by Crippen LogP contribution is 1.98. The smallest absolute Gasteiger partial charge is 0.0701 e. The topological polar surface area (TPSA) is 92.3 Å². The van der Waals surface area contributed by atoms with Crippen LogP contribution in [-0.2, 0) is 47.4 Å². The number of halogens is 1. The van der Waals surface area contributed by atoms with Crippen LogP contribution in [0.1, 0.15) is 32.6 Å². The van der Waals surface area contributed by atoms with E-state index in [1.165, 1.54) is 19.3 Å². The van der Waals surface area contributed by atoms with Crippen molar-refractivity contribution in [2.45, 2.75) is 32.6 Å². The van der Waals surface area contributed by atoms with Gasteiger partial charge in [0.2, 0.25) is 0 Å². The lowest BCUT2D eigenvalue weighted by molar-refractivity contribution is -0.0262. The summed E-state index contributed by atoms with van der Waals surface area (Å²) in [5.41, 5.74) is 0. The SMILES string of the molecule is CCCCCCOCCOCCOCCOCCOCCOCCOCCOCCOCCOCCCl. The third kappa shape index (κ3) is 35.9. The summed E-state index contributed by atoms with van der Waals surface area (Å²) in [7, 11) is 0. The average molecular weight is 561 g/mol. The lowest BCUT2D eigenvalue weighted by Gasteiger charge is -2.09. The first-order valence-electron chi connectivity index (χ1n) is 13.7. The Balaban J connectivity index is 3.00. The van der Waals surface area contributed by atoms with Gasteiger partial charge in [-0.2, -0.15) is 0 Å². The molecule has 0 aliphatic rings. The Morgan fingerprint density at radius 1 is 0.297 bits per heavy atom. The molecule has 37 heavy (non-hydrogen) atoms. The van der Waals surface area contributed by atoms with E-state index in [2.05, 4.69) is 6.92 Å². The van der Waals surface area contributed by atoms with Gasteiger partial charge in [-0.25, -0.2) is 0 Å². The standard InChI is InChI=1S/C26H53ClO10/c1-2-3-4-5-7-28-9-11-30-13-15-32-17-19-34-21-23-36-25-26-37-24-22-35-20-18-33-16-14-31-12-10-29-8-6-27/h2-26H2,1H3. The minimum absolute atomic E-state index is 0.502. The summed E-state index contributed by atoms with van der Waals surface area (Å²) in [6, 6.07) is 0. The zero-order chi connectivity index (χ0) is 26.7. The van der Waals surface area contributed by atoms with Crippen molar-refractivity contribution in [2.75, 3.05) is 138 Å². The Bertz CT molecular complexity index is 362. The molecule has 0 aliphatic carbocycles. The van der Waals surface area contributed by atoms with Gasteiger partial charge in [0.1, 0.15) is 0 Å². The molecule has 224 valence electrons. The summed E-state index contributed by atoms with van der Waals surface area (Å²) in [5.74, 6) is 0.502. The lowest BCUT2D eigenvalue weighted by Crippen LogP contribution is -2.15. The second-order valence-electron chi connectivity index (χ2n) is 7.87. The predicted molar refractivity (Wildman–Crippen MR) is 143 cm³/mol. The average Bonchev–Trinajstić information content (AvgIpc) is 2.91. The van der Waals surface area contributed by atoms with Crippen LogP contribution < -0.4 is 0 Å². The van der Waals surface area contributed by atoms with Gasteiger partial charge in [0.05, 0.1) is 126 Å². The number of alkyl halides is 1. The van der Waals surface area contributed by atoms with E-state index >= 15 is 0 Å². The molecule has 0 fully saturated rings. The molecule has 0 aromatic carbocycles. The maximum atomic E-state index is 5.52. The molecule has 0 bridgehead atoms. The summed E-state index contributed by atoms with van der Waals surface area (Å²) in [6.07, 6.45) is 4.91. The molecule has 0 atom stereocenters. The molecule has 10 nitrogen and oxygen atoms in total. The van der Waals surface area contributed by atoms with Gasteiger partial charge in [-0.3, -0.25) is 0 Å². The maximum absolute atomic E-state index is 5.52. The molecule has 0 amide bonds. The highest BCUT2D eigenvalue weighted by Gasteiger charge is 1.96. The molecule has 0 rings (SSSR count). The molecule has 0 aromatic heterocycles. The first-order chi connectivity index (χ1) is 18.4. The van der Waals surface area contributed by atoms with E-state index in [1.807, 2.05) is 0 Å². The second kappa shape index (κ2) is 35.9. The van der Waals surface area contributed by atoms with Crippen LogP contribution in [-0.4, -0.2) is 138 Å². The molecular weight excluding hydrogens is 508 g/mol. The summed E-state index contributed by atoms with van der Waals surface area (Å²) in [5, 5.41) is 0. The molecular formula is C26H53ClO10. The Morgan fingerprint density at radius 2 is 0.541 bits per heavy atom. The van der Waals surface area contributed by atoms with Crippen molar-refractivity contribution in [3.8, 4) is 0 Å². The van der Waals surface area contributed by atoms with Gasteiger partial charge in [0.25, 0.3) is 0 Å². The maximum Gasteiger partial charge on any atom is 0.0701 e. The molecule has 0 saturated heterocycles. The Kier molecular flexibility index (Phi) is 35.8. The molecule has 0 unspecified atom stereocenters. The monoisotopic (exact) mass is 560 g/mol. The van der Waals surface area contributed by atoms with E-state index < -0.39 is 0 Å². The largest absolute Gasteiger partial charge is 0.379 e. The Hall–Kier alpha value is -0.110. The number of hydrogen-bond acceptors (Lipinski definition) is 10. The lowest BCUT2D eigenvalue weighted by atomic mass is 10.2. The van der Waals surface area contributed by atoms with E-state index in [-0.39, 0.29) is 0 Å². The molecule has 0 spiro atoms. The van der Waals surface area contributed by atoms with E-state index in [0.29, 0.717) is 131 Å². The van der Waals surface area contributed by atoms with Crippen LogP contribution in [0.2, 0.25) is 0 Å². The molecule has 0 N–H and O–H groups in total. The van der Waals surface area contributed by atoms with Crippen LogP contribution in [0.15, 0.2) is 0 Å². The minimum Gasteiger partial charge on any atom is -0.379 e. The zero-order valence-corrected chi connectivity index (χ0v) is 23.9. The van der Waals surface area contributed by atoms with Gasteiger partial charge in [-0.05, 0) is 6.42 Å². The predicted octanol–water partition coefficient (Wildman–Crippen LogP) is 2.97. The van der Waals surface area contributed by atoms with Gasteiger partial charge in [-0.15, -0.1) is 11.6 Å².